The zero-order valence-electron chi connectivity index (χ0n) is 19.0. The minimum Gasteiger partial charge on any atom is -0.479 e. The molecule has 1 saturated carbocycles. The van der Waals surface area contributed by atoms with Gasteiger partial charge in [-0.2, -0.15) is 0 Å². The lowest BCUT2D eigenvalue weighted by molar-refractivity contribution is -0.142. The first-order valence-corrected chi connectivity index (χ1v) is 12.6. The van der Waals surface area contributed by atoms with Crippen LogP contribution in [0.5, 0.6) is 0 Å². The van der Waals surface area contributed by atoms with Gasteiger partial charge in [-0.15, -0.1) is 11.3 Å². The summed E-state index contributed by atoms with van der Waals surface area (Å²) in [5.41, 5.74) is 4.58. The predicted molar refractivity (Wildman–Crippen MR) is 132 cm³/mol. The van der Waals surface area contributed by atoms with E-state index in [0.29, 0.717) is 17.7 Å². The number of carboxylic acids is 1. The van der Waals surface area contributed by atoms with Gasteiger partial charge in [-0.3, -0.25) is 4.79 Å². The molecular formula is C27H26N2O5S. The van der Waals surface area contributed by atoms with Crippen molar-refractivity contribution >= 4 is 29.3 Å². The molecule has 0 spiro atoms. The molecule has 3 unspecified atom stereocenters. The molecule has 7 nitrogen and oxygen atoms in total. The number of aliphatic carboxylic acids is 1. The van der Waals surface area contributed by atoms with E-state index < -0.39 is 30.1 Å². The highest BCUT2D eigenvalue weighted by Crippen LogP contribution is 2.44. The van der Waals surface area contributed by atoms with Gasteiger partial charge in [0, 0.05) is 16.8 Å². The fraction of sp³-hybridized carbons (Fsp3) is 0.296. The van der Waals surface area contributed by atoms with Gasteiger partial charge in [0.15, 0.2) is 6.04 Å². The van der Waals surface area contributed by atoms with Crippen molar-refractivity contribution in [1.29, 1.82) is 0 Å². The van der Waals surface area contributed by atoms with Crippen molar-refractivity contribution in [3.63, 3.8) is 0 Å². The standard InChI is InChI=1S/C27H26N2O5S/c30-25(29-24(26(31)32)23-13-6-14-35-23)20-11-5-12-22(20)28-27(33)34-15-21-18-9-3-1-7-16(18)17-8-2-4-10-19(17)21/h1-4,6-10,13-14,20-22,24H,5,11-12,15H2,(H,28,33)(H,29,30)(H,31,32). The van der Waals surface area contributed by atoms with Crippen LogP contribution in [-0.2, 0) is 14.3 Å². The Labute approximate surface area is 207 Å². The van der Waals surface area contributed by atoms with Gasteiger partial charge >= 0.3 is 12.1 Å². The summed E-state index contributed by atoms with van der Waals surface area (Å²) >= 11 is 1.28. The number of carbonyl (C=O) groups is 3. The number of thiophene rings is 1. The number of ether oxygens (including phenoxy) is 1. The van der Waals surface area contributed by atoms with Gasteiger partial charge < -0.3 is 20.5 Å². The molecule has 0 saturated heterocycles. The van der Waals surface area contributed by atoms with Crippen molar-refractivity contribution in [1.82, 2.24) is 10.6 Å². The van der Waals surface area contributed by atoms with Gasteiger partial charge in [-0.1, -0.05) is 61.0 Å². The second-order valence-electron chi connectivity index (χ2n) is 8.91. The first-order valence-electron chi connectivity index (χ1n) is 11.7. The summed E-state index contributed by atoms with van der Waals surface area (Å²) in [5, 5.41) is 16.8. The normalized spacial score (nSPS) is 19.4. The number of rotatable bonds is 7. The van der Waals surface area contributed by atoms with Crippen LogP contribution in [0.15, 0.2) is 66.0 Å². The molecule has 1 aromatic heterocycles. The second-order valence-corrected chi connectivity index (χ2v) is 9.89. The number of benzene rings is 2. The molecule has 3 aromatic rings. The monoisotopic (exact) mass is 490 g/mol. The molecule has 5 rings (SSSR count). The number of carboxylic acid groups (broad SMARTS) is 1. The minimum atomic E-state index is -1.11. The Bertz CT molecular complexity index is 1200. The van der Waals surface area contributed by atoms with Crippen LogP contribution in [0.2, 0.25) is 0 Å². The van der Waals surface area contributed by atoms with E-state index in [1.54, 1.807) is 17.5 Å². The maximum Gasteiger partial charge on any atom is 0.407 e. The number of hydrogen-bond acceptors (Lipinski definition) is 5. The Hall–Kier alpha value is -3.65. The fourth-order valence-electron chi connectivity index (χ4n) is 5.20. The van der Waals surface area contributed by atoms with E-state index in [-0.39, 0.29) is 18.4 Å². The topological polar surface area (TPSA) is 105 Å². The molecule has 35 heavy (non-hydrogen) atoms. The first kappa shape index (κ1) is 23.1. The van der Waals surface area contributed by atoms with E-state index in [2.05, 4.69) is 34.9 Å². The molecule has 1 heterocycles. The number of amides is 2. The molecule has 0 bridgehead atoms. The summed E-state index contributed by atoms with van der Waals surface area (Å²) < 4.78 is 5.63. The lowest BCUT2D eigenvalue weighted by Crippen LogP contribution is -2.46. The smallest absolute Gasteiger partial charge is 0.407 e. The van der Waals surface area contributed by atoms with Crippen molar-refractivity contribution in [3.05, 3.63) is 82.0 Å². The summed E-state index contributed by atoms with van der Waals surface area (Å²) in [6, 6.07) is 18.2. The molecule has 2 aliphatic rings. The molecule has 2 aliphatic carbocycles. The van der Waals surface area contributed by atoms with Crippen LogP contribution in [0.4, 0.5) is 4.79 Å². The minimum absolute atomic E-state index is 0.0436. The van der Waals surface area contributed by atoms with E-state index in [1.807, 2.05) is 24.3 Å². The maximum atomic E-state index is 12.9. The predicted octanol–water partition coefficient (Wildman–Crippen LogP) is 4.70. The Morgan fingerprint density at radius 2 is 1.66 bits per heavy atom. The van der Waals surface area contributed by atoms with Crippen molar-refractivity contribution in [2.45, 2.75) is 37.3 Å². The van der Waals surface area contributed by atoms with Gasteiger partial charge in [0.25, 0.3) is 0 Å². The lowest BCUT2D eigenvalue weighted by Gasteiger charge is -2.23. The quantitative estimate of drug-likeness (QED) is 0.445. The Kier molecular flexibility index (Phi) is 6.55. The highest BCUT2D eigenvalue weighted by atomic mass is 32.1. The van der Waals surface area contributed by atoms with E-state index in [1.165, 1.54) is 11.3 Å². The van der Waals surface area contributed by atoms with Gasteiger partial charge in [-0.05, 0) is 46.5 Å². The van der Waals surface area contributed by atoms with E-state index in [0.717, 1.165) is 28.7 Å². The summed E-state index contributed by atoms with van der Waals surface area (Å²) in [7, 11) is 0. The van der Waals surface area contributed by atoms with Crippen LogP contribution in [0.3, 0.4) is 0 Å². The summed E-state index contributed by atoms with van der Waals surface area (Å²) in [5.74, 6) is -2.03. The third-order valence-electron chi connectivity index (χ3n) is 6.86. The fourth-order valence-corrected chi connectivity index (χ4v) is 5.96. The Morgan fingerprint density at radius 1 is 0.971 bits per heavy atom. The van der Waals surface area contributed by atoms with Crippen LogP contribution >= 0.6 is 11.3 Å². The third kappa shape index (κ3) is 4.66. The third-order valence-corrected chi connectivity index (χ3v) is 7.80. The summed E-state index contributed by atoms with van der Waals surface area (Å²) in [6.45, 7) is 0.197. The van der Waals surface area contributed by atoms with Crippen molar-refractivity contribution in [2.24, 2.45) is 5.92 Å². The van der Waals surface area contributed by atoms with Crippen LogP contribution in [0, 0.1) is 5.92 Å². The molecule has 180 valence electrons. The molecule has 3 N–H and O–H groups in total. The van der Waals surface area contributed by atoms with Gasteiger partial charge in [0.2, 0.25) is 5.91 Å². The maximum absolute atomic E-state index is 12.9. The van der Waals surface area contributed by atoms with Crippen LogP contribution in [0.25, 0.3) is 11.1 Å². The molecular weight excluding hydrogens is 464 g/mol. The molecule has 8 heteroatoms. The number of nitrogens with one attached hydrogen (secondary N) is 2. The van der Waals surface area contributed by atoms with Gasteiger partial charge in [0.1, 0.15) is 6.61 Å². The molecule has 0 radical (unpaired) electrons. The lowest BCUT2D eigenvalue weighted by atomic mass is 9.98. The average Bonchev–Trinajstić information content (AvgIpc) is 3.61. The van der Waals surface area contributed by atoms with Crippen LogP contribution in [-0.4, -0.2) is 35.7 Å². The summed E-state index contributed by atoms with van der Waals surface area (Å²) in [6.07, 6.45) is 1.42. The zero-order valence-corrected chi connectivity index (χ0v) is 19.8. The highest BCUT2D eigenvalue weighted by molar-refractivity contribution is 7.10. The zero-order chi connectivity index (χ0) is 24.4. The van der Waals surface area contributed by atoms with Gasteiger partial charge in [-0.25, -0.2) is 9.59 Å². The van der Waals surface area contributed by atoms with Gasteiger partial charge in [0.05, 0.1) is 5.92 Å². The molecule has 2 amide bonds. The van der Waals surface area contributed by atoms with Crippen LogP contribution in [0.1, 0.15) is 47.2 Å². The van der Waals surface area contributed by atoms with Crippen molar-refractivity contribution < 1.29 is 24.2 Å². The number of alkyl carbamates (subject to hydrolysis) is 1. The number of fused-ring (bicyclic) bond motifs is 3. The highest BCUT2D eigenvalue weighted by Gasteiger charge is 2.37. The first-order chi connectivity index (χ1) is 17.0. The van der Waals surface area contributed by atoms with Crippen molar-refractivity contribution in [2.75, 3.05) is 6.61 Å². The molecule has 1 fully saturated rings. The molecule has 0 aliphatic heterocycles. The molecule has 3 atom stereocenters. The average molecular weight is 491 g/mol. The SMILES string of the molecule is O=C(NC1CCCC1C(=O)NC(C(=O)O)c1cccs1)OCC1c2ccccc2-c2ccccc21. The van der Waals surface area contributed by atoms with Crippen LogP contribution < -0.4 is 10.6 Å². The second kappa shape index (κ2) is 9.92. The van der Waals surface area contributed by atoms with E-state index in [4.69, 9.17) is 4.74 Å². The Morgan fingerprint density at radius 3 is 2.29 bits per heavy atom. The van der Waals surface area contributed by atoms with E-state index in [9.17, 15) is 19.5 Å². The van der Waals surface area contributed by atoms with Crippen molar-refractivity contribution in [3.8, 4) is 11.1 Å². The molecule has 2 aromatic carbocycles. The number of carbonyl (C=O) groups excluding carboxylic acids is 2. The number of hydrogen-bond donors (Lipinski definition) is 3. The largest absolute Gasteiger partial charge is 0.479 e. The van der Waals surface area contributed by atoms with E-state index >= 15 is 0 Å². The Balaban J connectivity index is 1.21. The summed E-state index contributed by atoms with van der Waals surface area (Å²) in [4.78, 5) is 37.9.